The number of benzene rings is 1. The molecule has 0 radical (unpaired) electrons. The quantitative estimate of drug-likeness (QED) is 0.842. The zero-order valence-corrected chi connectivity index (χ0v) is 13.4. The first-order valence-corrected chi connectivity index (χ1v) is 8.19. The van der Waals surface area contributed by atoms with E-state index in [-0.39, 0.29) is 11.8 Å². The molecule has 1 aromatic carbocycles. The minimum absolute atomic E-state index is 0.0267. The molecule has 2 aliphatic rings. The van der Waals surface area contributed by atoms with Crippen LogP contribution in [-0.2, 0) is 4.79 Å². The summed E-state index contributed by atoms with van der Waals surface area (Å²) in [5.41, 5.74) is -0.0185. The van der Waals surface area contributed by atoms with Crippen LogP contribution in [0.5, 0.6) is 0 Å². The van der Waals surface area contributed by atoms with Crippen LogP contribution < -0.4 is 0 Å². The molecule has 0 aromatic heterocycles. The summed E-state index contributed by atoms with van der Waals surface area (Å²) in [5.74, 6) is 0.659. The van der Waals surface area contributed by atoms with Gasteiger partial charge in [-0.1, -0.05) is 25.1 Å². The van der Waals surface area contributed by atoms with Crippen molar-refractivity contribution in [2.45, 2.75) is 38.6 Å². The summed E-state index contributed by atoms with van der Waals surface area (Å²) in [6.45, 7) is 6.42. The fourth-order valence-electron chi connectivity index (χ4n) is 3.71. The van der Waals surface area contributed by atoms with Crippen LogP contribution in [0.1, 0.15) is 43.5 Å². The summed E-state index contributed by atoms with van der Waals surface area (Å²) < 4.78 is 0. The molecule has 1 aromatic rings. The summed E-state index contributed by atoms with van der Waals surface area (Å²) >= 11 is 0. The van der Waals surface area contributed by atoms with Gasteiger partial charge in [-0.3, -0.25) is 9.59 Å². The molecule has 118 valence electrons. The summed E-state index contributed by atoms with van der Waals surface area (Å²) in [7, 11) is 0. The van der Waals surface area contributed by atoms with Crippen molar-refractivity contribution in [1.29, 1.82) is 0 Å². The van der Waals surface area contributed by atoms with Gasteiger partial charge in [-0.2, -0.15) is 0 Å². The monoisotopic (exact) mass is 300 g/mol. The summed E-state index contributed by atoms with van der Waals surface area (Å²) in [6.07, 6.45) is 2.72. The molecule has 2 atom stereocenters. The van der Waals surface area contributed by atoms with E-state index >= 15 is 0 Å². The molecule has 4 nitrogen and oxygen atoms in total. The second kappa shape index (κ2) is 5.75. The van der Waals surface area contributed by atoms with Crippen LogP contribution in [0.3, 0.4) is 0 Å². The minimum Gasteiger partial charge on any atom is -0.340 e. The highest BCUT2D eigenvalue weighted by Gasteiger charge is 2.48. The topological polar surface area (TPSA) is 40.6 Å². The van der Waals surface area contributed by atoms with Crippen LogP contribution in [0, 0.1) is 5.92 Å². The smallest absolute Gasteiger partial charge is 0.254 e. The predicted molar refractivity (Wildman–Crippen MR) is 85.5 cm³/mol. The molecule has 2 heterocycles. The van der Waals surface area contributed by atoms with Gasteiger partial charge < -0.3 is 9.80 Å². The van der Waals surface area contributed by atoms with Gasteiger partial charge in [-0.05, 0) is 44.2 Å². The molecule has 2 aliphatic heterocycles. The average Bonchev–Trinajstić information content (AvgIpc) is 3.13. The van der Waals surface area contributed by atoms with Gasteiger partial charge in [0, 0.05) is 25.2 Å². The fraction of sp³-hybridized carbons (Fsp3) is 0.556. The van der Waals surface area contributed by atoms with Crippen LogP contribution in [0.2, 0.25) is 0 Å². The normalized spacial score (nSPS) is 28.2. The van der Waals surface area contributed by atoms with Crippen LogP contribution >= 0.6 is 0 Å². The molecule has 2 unspecified atom stereocenters. The molecule has 2 amide bonds. The standard InChI is InChI=1S/C18H24N2O2/c1-14-9-12-19(13-14)17(22)18(2)10-6-11-20(18)16(21)15-7-4-3-5-8-15/h3-5,7-8,14H,6,9-13H2,1-2H3. The SMILES string of the molecule is CC1CCN(C(=O)C2(C)CCCN2C(=O)c2ccccc2)C1. The molecule has 0 bridgehead atoms. The average molecular weight is 300 g/mol. The molecular formula is C18H24N2O2. The summed E-state index contributed by atoms with van der Waals surface area (Å²) in [4.78, 5) is 29.5. The lowest BCUT2D eigenvalue weighted by Crippen LogP contribution is -2.56. The van der Waals surface area contributed by atoms with E-state index in [1.807, 2.05) is 42.2 Å². The Morgan fingerprint density at radius 2 is 1.91 bits per heavy atom. The predicted octanol–water partition coefficient (Wildman–Crippen LogP) is 2.55. The van der Waals surface area contributed by atoms with Gasteiger partial charge in [0.2, 0.25) is 5.91 Å². The highest BCUT2D eigenvalue weighted by Crippen LogP contribution is 2.33. The molecule has 3 rings (SSSR count). The van der Waals surface area contributed by atoms with Crippen LogP contribution in [0.25, 0.3) is 0 Å². The molecule has 2 fully saturated rings. The zero-order valence-electron chi connectivity index (χ0n) is 13.4. The number of carbonyl (C=O) groups excluding carboxylic acids is 2. The van der Waals surface area contributed by atoms with Gasteiger partial charge in [-0.15, -0.1) is 0 Å². The Bertz CT molecular complexity index is 572. The van der Waals surface area contributed by atoms with E-state index in [1.54, 1.807) is 4.90 Å². The van der Waals surface area contributed by atoms with E-state index in [0.29, 0.717) is 18.0 Å². The van der Waals surface area contributed by atoms with E-state index in [1.165, 1.54) is 0 Å². The highest BCUT2D eigenvalue weighted by molar-refractivity contribution is 5.99. The fourth-order valence-corrected chi connectivity index (χ4v) is 3.71. The second-order valence-electron chi connectivity index (χ2n) is 6.85. The lowest BCUT2D eigenvalue weighted by atomic mass is 9.96. The Balaban J connectivity index is 1.82. The maximum absolute atomic E-state index is 13.0. The number of hydrogen-bond acceptors (Lipinski definition) is 2. The van der Waals surface area contributed by atoms with Crippen molar-refractivity contribution in [3.63, 3.8) is 0 Å². The Kier molecular flexibility index (Phi) is 3.94. The third kappa shape index (κ3) is 2.51. The highest BCUT2D eigenvalue weighted by atomic mass is 16.2. The van der Waals surface area contributed by atoms with E-state index in [0.717, 1.165) is 32.4 Å². The first-order valence-electron chi connectivity index (χ1n) is 8.19. The number of hydrogen-bond donors (Lipinski definition) is 0. The van der Waals surface area contributed by atoms with Crippen LogP contribution in [-0.4, -0.2) is 46.8 Å². The lowest BCUT2D eigenvalue weighted by Gasteiger charge is -2.37. The number of likely N-dealkylation sites (tertiary alicyclic amines) is 2. The molecule has 2 saturated heterocycles. The van der Waals surface area contributed by atoms with E-state index in [9.17, 15) is 9.59 Å². The Morgan fingerprint density at radius 1 is 1.18 bits per heavy atom. The third-order valence-corrected chi connectivity index (χ3v) is 5.08. The summed E-state index contributed by atoms with van der Waals surface area (Å²) in [6, 6.07) is 9.28. The van der Waals surface area contributed by atoms with E-state index in [2.05, 4.69) is 6.92 Å². The molecule has 0 N–H and O–H groups in total. The van der Waals surface area contributed by atoms with Gasteiger partial charge in [0.05, 0.1) is 0 Å². The first-order chi connectivity index (χ1) is 10.5. The molecule has 0 spiro atoms. The van der Waals surface area contributed by atoms with Crippen molar-refractivity contribution in [3.05, 3.63) is 35.9 Å². The maximum atomic E-state index is 13.0. The maximum Gasteiger partial charge on any atom is 0.254 e. The Hall–Kier alpha value is -1.84. The van der Waals surface area contributed by atoms with E-state index in [4.69, 9.17) is 0 Å². The van der Waals surface area contributed by atoms with Crippen molar-refractivity contribution in [2.75, 3.05) is 19.6 Å². The molecule has 0 aliphatic carbocycles. The molecular weight excluding hydrogens is 276 g/mol. The van der Waals surface area contributed by atoms with Gasteiger partial charge >= 0.3 is 0 Å². The second-order valence-corrected chi connectivity index (χ2v) is 6.85. The van der Waals surface area contributed by atoms with Crippen molar-refractivity contribution in [2.24, 2.45) is 5.92 Å². The van der Waals surface area contributed by atoms with E-state index < -0.39 is 5.54 Å². The van der Waals surface area contributed by atoms with Crippen LogP contribution in [0.4, 0.5) is 0 Å². The van der Waals surface area contributed by atoms with Crippen molar-refractivity contribution in [3.8, 4) is 0 Å². The van der Waals surface area contributed by atoms with Gasteiger partial charge in [0.1, 0.15) is 5.54 Å². The third-order valence-electron chi connectivity index (χ3n) is 5.08. The van der Waals surface area contributed by atoms with Crippen molar-refractivity contribution < 1.29 is 9.59 Å². The zero-order chi connectivity index (χ0) is 15.7. The van der Waals surface area contributed by atoms with Crippen LogP contribution in [0.15, 0.2) is 30.3 Å². The number of amides is 2. The number of carbonyl (C=O) groups is 2. The van der Waals surface area contributed by atoms with Crippen molar-refractivity contribution in [1.82, 2.24) is 9.80 Å². The minimum atomic E-state index is -0.684. The van der Waals surface area contributed by atoms with Crippen molar-refractivity contribution >= 4 is 11.8 Å². The summed E-state index contributed by atoms with van der Waals surface area (Å²) in [5, 5.41) is 0. The molecule has 0 saturated carbocycles. The molecule has 4 heteroatoms. The number of rotatable bonds is 2. The Labute approximate surface area is 132 Å². The van der Waals surface area contributed by atoms with Gasteiger partial charge in [-0.25, -0.2) is 0 Å². The Morgan fingerprint density at radius 3 is 2.55 bits per heavy atom. The van der Waals surface area contributed by atoms with Gasteiger partial charge in [0.25, 0.3) is 5.91 Å². The van der Waals surface area contributed by atoms with Gasteiger partial charge in [0.15, 0.2) is 0 Å². The first kappa shape index (κ1) is 15.1. The molecule has 22 heavy (non-hydrogen) atoms. The lowest BCUT2D eigenvalue weighted by molar-refractivity contribution is -0.139. The number of nitrogens with zero attached hydrogens (tertiary/aromatic N) is 2. The largest absolute Gasteiger partial charge is 0.340 e.